The van der Waals surface area contributed by atoms with Gasteiger partial charge in [-0.25, -0.2) is 6.57 Å². The van der Waals surface area contributed by atoms with E-state index in [0.29, 0.717) is 5.92 Å². The van der Waals surface area contributed by atoms with Crippen LogP contribution in [0.15, 0.2) is 72.9 Å². The van der Waals surface area contributed by atoms with Gasteiger partial charge in [0.15, 0.2) is 0 Å². The summed E-state index contributed by atoms with van der Waals surface area (Å²) in [7, 11) is 0. The standard InChI is InChI=1S/C31H28N2S/c1-19(2)27-17-23(16-21-9-7-8-10-26(21)27)29-30-22(13-14-33-29)18-28(34-30)25-12-11-24(15-20(25)3)31(4,5)32-6/h7-19H,1-5H3. The van der Waals surface area contributed by atoms with Gasteiger partial charge in [0.2, 0.25) is 0 Å². The fourth-order valence-electron chi connectivity index (χ4n) is 4.64. The number of nitrogens with zero attached hydrogens (tertiary/aromatic N) is 2. The van der Waals surface area contributed by atoms with Crippen LogP contribution in [0.4, 0.5) is 0 Å². The maximum Gasteiger partial charge on any atom is 0.252 e. The third-order valence-electron chi connectivity index (χ3n) is 6.70. The number of aromatic nitrogens is 1. The van der Waals surface area contributed by atoms with Crippen molar-refractivity contribution >= 4 is 32.2 Å². The molecule has 0 unspecified atom stereocenters. The van der Waals surface area contributed by atoms with Gasteiger partial charge >= 0.3 is 0 Å². The first-order valence-electron chi connectivity index (χ1n) is 11.7. The molecule has 0 saturated carbocycles. The highest BCUT2D eigenvalue weighted by atomic mass is 32.1. The molecule has 0 aliphatic heterocycles. The van der Waals surface area contributed by atoms with Gasteiger partial charge in [-0.2, -0.15) is 0 Å². The van der Waals surface area contributed by atoms with Crippen molar-refractivity contribution in [3.05, 3.63) is 101 Å². The Balaban J connectivity index is 1.66. The minimum Gasteiger partial charge on any atom is -0.306 e. The molecule has 0 amide bonds. The van der Waals surface area contributed by atoms with E-state index in [4.69, 9.17) is 11.6 Å². The van der Waals surface area contributed by atoms with E-state index in [1.165, 1.54) is 48.0 Å². The predicted octanol–water partition coefficient (Wildman–Crippen LogP) is 9.37. The average Bonchev–Trinajstić information content (AvgIpc) is 3.27. The Morgan fingerprint density at radius 1 is 0.941 bits per heavy atom. The summed E-state index contributed by atoms with van der Waals surface area (Å²) in [6.07, 6.45) is 1.92. The first-order chi connectivity index (χ1) is 16.3. The summed E-state index contributed by atoms with van der Waals surface area (Å²) in [6.45, 7) is 18.1. The predicted molar refractivity (Wildman–Crippen MR) is 146 cm³/mol. The summed E-state index contributed by atoms with van der Waals surface area (Å²) in [6, 6.07) is 24.0. The summed E-state index contributed by atoms with van der Waals surface area (Å²) < 4.78 is 1.22. The van der Waals surface area contributed by atoms with Gasteiger partial charge in [-0.1, -0.05) is 50.2 Å². The fraction of sp³-hybridized carbons (Fsp3) is 0.226. The zero-order chi connectivity index (χ0) is 24.0. The zero-order valence-electron chi connectivity index (χ0n) is 20.3. The van der Waals surface area contributed by atoms with Crippen LogP contribution < -0.4 is 0 Å². The summed E-state index contributed by atoms with van der Waals surface area (Å²) >= 11 is 1.80. The van der Waals surface area contributed by atoms with Gasteiger partial charge in [-0.15, -0.1) is 11.3 Å². The fourth-order valence-corrected chi connectivity index (χ4v) is 5.90. The van der Waals surface area contributed by atoms with Crippen molar-refractivity contribution in [1.29, 1.82) is 0 Å². The molecule has 168 valence electrons. The van der Waals surface area contributed by atoms with Crippen LogP contribution in [-0.2, 0) is 5.54 Å². The van der Waals surface area contributed by atoms with E-state index in [1.807, 2.05) is 20.0 Å². The van der Waals surface area contributed by atoms with Crippen molar-refractivity contribution in [2.75, 3.05) is 0 Å². The number of fused-ring (bicyclic) bond motifs is 2. The number of pyridine rings is 1. The third-order valence-corrected chi connectivity index (χ3v) is 7.89. The summed E-state index contributed by atoms with van der Waals surface area (Å²) in [4.78, 5) is 9.88. The van der Waals surface area contributed by atoms with Gasteiger partial charge in [-0.05, 0) is 76.0 Å². The van der Waals surface area contributed by atoms with E-state index in [0.717, 1.165) is 11.3 Å². The lowest BCUT2D eigenvalue weighted by atomic mass is 9.92. The second-order valence-electron chi connectivity index (χ2n) is 9.83. The zero-order valence-corrected chi connectivity index (χ0v) is 21.1. The topological polar surface area (TPSA) is 17.2 Å². The largest absolute Gasteiger partial charge is 0.306 e. The van der Waals surface area contributed by atoms with E-state index in [1.54, 1.807) is 11.3 Å². The molecule has 0 aliphatic rings. The van der Waals surface area contributed by atoms with Gasteiger partial charge < -0.3 is 4.85 Å². The Bertz CT molecular complexity index is 1580. The Hall–Kier alpha value is -3.48. The highest BCUT2D eigenvalue weighted by Gasteiger charge is 2.26. The molecule has 34 heavy (non-hydrogen) atoms. The van der Waals surface area contributed by atoms with Crippen LogP contribution in [0, 0.1) is 13.5 Å². The number of thiophene rings is 1. The van der Waals surface area contributed by atoms with Crippen LogP contribution in [0.3, 0.4) is 0 Å². The Labute approximate surface area is 205 Å². The smallest absolute Gasteiger partial charge is 0.252 e. The van der Waals surface area contributed by atoms with Gasteiger partial charge in [0.25, 0.3) is 5.54 Å². The Kier molecular flexibility index (Phi) is 5.50. The molecule has 5 rings (SSSR count). The molecule has 0 radical (unpaired) electrons. The number of hydrogen-bond acceptors (Lipinski definition) is 2. The van der Waals surface area contributed by atoms with E-state index < -0.39 is 5.54 Å². The van der Waals surface area contributed by atoms with Crippen molar-refractivity contribution in [2.45, 2.75) is 46.1 Å². The van der Waals surface area contributed by atoms with Gasteiger partial charge in [0.1, 0.15) is 0 Å². The number of rotatable bonds is 4. The second-order valence-corrected chi connectivity index (χ2v) is 10.9. The van der Waals surface area contributed by atoms with Crippen molar-refractivity contribution in [3.63, 3.8) is 0 Å². The average molecular weight is 461 g/mol. The Morgan fingerprint density at radius 3 is 2.47 bits per heavy atom. The maximum absolute atomic E-state index is 7.52. The van der Waals surface area contributed by atoms with Crippen molar-refractivity contribution in [3.8, 4) is 21.7 Å². The maximum atomic E-state index is 7.52. The number of hydrogen-bond donors (Lipinski definition) is 0. The van der Waals surface area contributed by atoms with Crippen molar-refractivity contribution < 1.29 is 0 Å². The lowest BCUT2D eigenvalue weighted by molar-refractivity contribution is 0.663. The summed E-state index contributed by atoms with van der Waals surface area (Å²) in [5.74, 6) is 0.434. The van der Waals surface area contributed by atoms with Crippen LogP contribution in [-0.4, -0.2) is 4.98 Å². The van der Waals surface area contributed by atoms with E-state index in [-0.39, 0.29) is 0 Å². The number of aryl methyl sites for hydroxylation is 1. The molecule has 2 nitrogen and oxygen atoms in total. The molecule has 0 fully saturated rings. The minimum absolute atomic E-state index is 0.434. The lowest BCUT2D eigenvalue weighted by Gasteiger charge is -2.14. The molecular weight excluding hydrogens is 432 g/mol. The van der Waals surface area contributed by atoms with E-state index in [2.05, 4.69) is 92.3 Å². The van der Waals surface area contributed by atoms with Crippen LogP contribution >= 0.6 is 11.3 Å². The molecule has 0 atom stereocenters. The molecule has 2 aromatic heterocycles. The first-order valence-corrected chi connectivity index (χ1v) is 12.5. The lowest BCUT2D eigenvalue weighted by Crippen LogP contribution is -2.11. The van der Waals surface area contributed by atoms with E-state index >= 15 is 0 Å². The highest BCUT2D eigenvalue weighted by molar-refractivity contribution is 7.22. The SMILES string of the molecule is [C-]#[N+]C(C)(C)c1ccc(-c2cc3ccnc(-c4cc(C(C)C)c5ccccc5c4)c3s2)c(C)c1. The molecule has 0 saturated heterocycles. The third kappa shape index (κ3) is 3.79. The molecule has 5 aromatic rings. The molecule has 3 heteroatoms. The summed E-state index contributed by atoms with van der Waals surface area (Å²) in [5, 5.41) is 3.79. The molecule has 0 spiro atoms. The molecular formula is C31H28N2S. The first kappa shape index (κ1) is 22.3. The highest BCUT2D eigenvalue weighted by Crippen LogP contribution is 2.41. The quantitative estimate of drug-likeness (QED) is 0.244. The van der Waals surface area contributed by atoms with Crippen LogP contribution in [0.1, 0.15) is 50.3 Å². The van der Waals surface area contributed by atoms with E-state index in [9.17, 15) is 0 Å². The van der Waals surface area contributed by atoms with Crippen LogP contribution in [0.25, 0.3) is 47.4 Å². The molecule has 3 aromatic carbocycles. The molecule has 0 N–H and O–H groups in total. The number of benzene rings is 3. The molecule has 2 heterocycles. The Morgan fingerprint density at radius 2 is 1.74 bits per heavy atom. The monoisotopic (exact) mass is 460 g/mol. The molecule has 0 bridgehead atoms. The minimum atomic E-state index is -0.509. The second kappa shape index (κ2) is 8.38. The van der Waals surface area contributed by atoms with Gasteiger partial charge in [0, 0.05) is 36.0 Å². The van der Waals surface area contributed by atoms with Crippen LogP contribution in [0.2, 0.25) is 0 Å². The summed E-state index contributed by atoms with van der Waals surface area (Å²) in [5.41, 5.74) is 6.55. The van der Waals surface area contributed by atoms with Crippen molar-refractivity contribution in [1.82, 2.24) is 4.98 Å². The van der Waals surface area contributed by atoms with Gasteiger partial charge in [-0.3, -0.25) is 4.98 Å². The van der Waals surface area contributed by atoms with Gasteiger partial charge in [0.05, 0.1) is 10.4 Å². The van der Waals surface area contributed by atoms with Crippen molar-refractivity contribution in [2.24, 2.45) is 0 Å². The normalized spacial score (nSPS) is 11.9. The van der Waals surface area contributed by atoms with Crippen LogP contribution in [0.5, 0.6) is 0 Å². The molecule has 0 aliphatic carbocycles.